The molecule has 10 nitrogen and oxygen atoms in total. The summed E-state index contributed by atoms with van der Waals surface area (Å²) in [5, 5.41) is 18.3. The first-order valence-electron chi connectivity index (χ1n) is 10.3. The van der Waals surface area contributed by atoms with Gasteiger partial charge in [-0.25, -0.2) is 18.6 Å². The van der Waals surface area contributed by atoms with Crippen LogP contribution in [0.1, 0.15) is 55.4 Å². The normalized spacial score (nSPS) is 11.7. The first-order valence-corrected chi connectivity index (χ1v) is 10.3. The van der Waals surface area contributed by atoms with Gasteiger partial charge in [0.2, 0.25) is 0 Å². The molecule has 2 aromatic carbocycles. The third kappa shape index (κ3) is 5.11. The quantitative estimate of drug-likeness (QED) is 0.369. The number of aromatic carboxylic acids is 1. The predicted octanol–water partition coefficient (Wildman–Crippen LogP) is 2.52. The summed E-state index contributed by atoms with van der Waals surface area (Å²) in [6, 6.07) is 10.0. The summed E-state index contributed by atoms with van der Waals surface area (Å²) >= 11 is 0. The lowest BCUT2D eigenvalue weighted by molar-refractivity contribution is 0.0696. The van der Waals surface area contributed by atoms with Crippen molar-refractivity contribution >= 4 is 23.6 Å². The Morgan fingerprint density at radius 3 is 2.46 bits per heavy atom. The van der Waals surface area contributed by atoms with Crippen LogP contribution in [-0.4, -0.2) is 42.5 Å². The van der Waals surface area contributed by atoms with E-state index in [4.69, 9.17) is 5.11 Å². The van der Waals surface area contributed by atoms with Crippen molar-refractivity contribution in [2.75, 3.05) is 0 Å². The van der Waals surface area contributed by atoms with E-state index in [0.717, 1.165) is 12.1 Å². The average Bonchev–Trinajstić information content (AvgIpc) is 3.32. The Hall–Kier alpha value is -4.74. The van der Waals surface area contributed by atoms with Gasteiger partial charge < -0.3 is 15.7 Å². The number of hydrogen-bond donors (Lipinski definition) is 3. The van der Waals surface area contributed by atoms with Crippen LogP contribution in [0.15, 0.2) is 54.9 Å². The number of halogens is 2. The summed E-state index contributed by atoms with van der Waals surface area (Å²) in [6.45, 7) is 1.61. The molecule has 0 bridgehead atoms. The molecule has 0 radical (unpaired) electrons. The zero-order valence-corrected chi connectivity index (χ0v) is 18.2. The molecule has 4 rings (SSSR count). The lowest BCUT2D eigenvalue weighted by Crippen LogP contribution is -2.30. The first kappa shape index (κ1) is 23.4. The molecule has 0 fully saturated rings. The van der Waals surface area contributed by atoms with E-state index in [-0.39, 0.29) is 29.3 Å². The average molecular weight is 480 g/mol. The fourth-order valence-corrected chi connectivity index (χ4v) is 3.28. The van der Waals surface area contributed by atoms with E-state index in [1.54, 1.807) is 19.1 Å². The van der Waals surface area contributed by atoms with E-state index in [1.807, 2.05) is 0 Å². The number of nitrogens with zero attached hydrogens (tertiary/aromatic N) is 4. The van der Waals surface area contributed by atoms with Crippen LogP contribution in [0, 0.1) is 11.6 Å². The summed E-state index contributed by atoms with van der Waals surface area (Å²) in [4.78, 5) is 44.7. The molecule has 3 N–H and O–H groups in total. The predicted molar refractivity (Wildman–Crippen MR) is 118 cm³/mol. The highest BCUT2D eigenvalue weighted by molar-refractivity contribution is 5.98. The smallest absolute Gasteiger partial charge is 0.335 e. The highest BCUT2D eigenvalue weighted by atomic mass is 19.2. The van der Waals surface area contributed by atoms with Gasteiger partial charge in [-0.1, -0.05) is 18.2 Å². The maximum Gasteiger partial charge on any atom is 0.335 e. The summed E-state index contributed by atoms with van der Waals surface area (Å²) < 4.78 is 27.7. The van der Waals surface area contributed by atoms with Crippen molar-refractivity contribution in [2.45, 2.75) is 19.5 Å². The molecule has 4 aromatic rings. The van der Waals surface area contributed by atoms with Gasteiger partial charge in [0.1, 0.15) is 17.7 Å². The minimum absolute atomic E-state index is 0.00842. The highest BCUT2D eigenvalue weighted by Gasteiger charge is 2.20. The second-order valence-electron chi connectivity index (χ2n) is 7.55. The monoisotopic (exact) mass is 480 g/mol. The van der Waals surface area contributed by atoms with Crippen molar-refractivity contribution in [3.8, 4) is 0 Å². The number of nitrogens with one attached hydrogen (secondary N) is 2. The van der Waals surface area contributed by atoms with Crippen LogP contribution in [0.2, 0.25) is 0 Å². The molecule has 0 aliphatic rings. The van der Waals surface area contributed by atoms with E-state index >= 15 is 0 Å². The van der Waals surface area contributed by atoms with Gasteiger partial charge in [0.25, 0.3) is 17.6 Å². The SMILES string of the molecule is C[C@H](NC(=O)c1cc(C(=O)NCc2ccc(F)c(F)c2)nc2ncnn12)c1ccc(C(=O)O)cc1. The number of rotatable bonds is 7. The number of aromatic nitrogens is 4. The van der Waals surface area contributed by atoms with Crippen molar-refractivity contribution < 1.29 is 28.3 Å². The topological polar surface area (TPSA) is 139 Å². The van der Waals surface area contributed by atoms with Crippen LogP contribution < -0.4 is 10.6 Å². The molecule has 0 aliphatic heterocycles. The van der Waals surface area contributed by atoms with Crippen molar-refractivity contribution in [3.05, 3.63) is 94.6 Å². The van der Waals surface area contributed by atoms with E-state index in [9.17, 15) is 23.2 Å². The van der Waals surface area contributed by atoms with Crippen LogP contribution >= 0.6 is 0 Å². The van der Waals surface area contributed by atoms with Crippen LogP contribution in [0.4, 0.5) is 8.78 Å². The molecule has 1 atom stereocenters. The number of amides is 2. The molecule has 2 amide bonds. The molecule has 0 saturated heterocycles. The summed E-state index contributed by atoms with van der Waals surface area (Å²) in [6.07, 6.45) is 1.18. The molecule has 0 aliphatic carbocycles. The Labute approximate surface area is 196 Å². The van der Waals surface area contributed by atoms with E-state index < -0.39 is 35.5 Å². The number of fused-ring (bicyclic) bond motifs is 1. The molecule has 0 spiro atoms. The molecule has 0 saturated carbocycles. The van der Waals surface area contributed by atoms with Gasteiger partial charge in [-0.2, -0.15) is 14.6 Å². The van der Waals surface area contributed by atoms with Crippen LogP contribution in [0.25, 0.3) is 5.78 Å². The maximum absolute atomic E-state index is 13.4. The minimum Gasteiger partial charge on any atom is -0.478 e. The van der Waals surface area contributed by atoms with Crippen LogP contribution in [0.5, 0.6) is 0 Å². The number of carbonyl (C=O) groups is 3. The largest absolute Gasteiger partial charge is 0.478 e. The Bertz CT molecular complexity index is 1440. The van der Waals surface area contributed by atoms with Gasteiger partial charge in [0.05, 0.1) is 11.6 Å². The molecule has 2 heterocycles. The Balaban J connectivity index is 1.53. The molecular weight excluding hydrogens is 462 g/mol. The first-order chi connectivity index (χ1) is 16.7. The number of hydrogen-bond acceptors (Lipinski definition) is 6. The van der Waals surface area contributed by atoms with E-state index in [0.29, 0.717) is 11.1 Å². The molecule has 2 aromatic heterocycles. The van der Waals surface area contributed by atoms with Crippen molar-refractivity contribution in [2.24, 2.45) is 0 Å². The van der Waals surface area contributed by atoms with Crippen molar-refractivity contribution in [1.82, 2.24) is 30.2 Å². The Morgan fingerprint density at radius 2 is 1.77 bits per heavy atom. The molecular formula is C23H18F2N6O4. The third-order valence-electron chi connectivity index (χ3n) is 5.16. The second kappa shape index (κ2) is 9.63. The standard InChI is InChI=1S/C23H18F2N6O4/c1-12(14-3-5-15(6-4-14)22(34)35)29-21(33)19-9-18(30-23-27-11-28-31(19)23)20(32)26-10-13-2-7-16(24)17(25)8-13/h2-9,11-12H,10H2,1H3,(H,26,32)(H,29,33)(H,34,35)/t12-/m0/s1. The van der Waals surface area contributed by atoms with Gasteiger partial charge in [0.15, 0.2) is 11.6 Å². The lowest BCUT2D eigenvalue weighted by Gasteiger charge is -2.15. The maximum atomic E-state index is 13.4. The van der Waals surface area contributed by atoms with Gasteiger partial charge in [0, 0.05) is 12.6 Å². The zero-order chi connectivity index (χ0) is 25.1. The number of carboxylic acids is 1. The molecule has 0 unspecified atom stereocenters. The van der Waals surface area contributed by atoms with Crippen LogP contribution in [-0.2, 0) is 6.54 Å². The van der Waals surface area contributed by atoms with Crippen LogP contribution in [0.3, 0.4) is 0 Å². The highest BCUT2D eigenvalue weighted by Crippen LogP contribution is 2.15. The molecule has 12 heteroatoms. The van der Waals surface area contributed by atoms with Gasteiger partial charge in [-0.05, 0) is 42.3 Å². The Morgan fingerprint density at radius 1 is 1.03 bits per heavy atom. The van der Waals surface area contributed by atoms with E-state index in [2.05, 4.69) is 25.7 Å². The Kier molecular flexibility index (Phi) is 6.44. The number of benzene rings is 2. The van der Waals surface area contributed by atoms with Crippen molar-refractivity contribution in [1.29, 1.82) is 0 Å². The third-order valence-corrected chi connectivity index (χ3v) is 5.16. The summed E-state index contributed by atoms with van der Waals surface area (Å²) in [7, 11) is 0. The summed E-state index contributed by atoms with van der Waals surface area (Å²) in [5.41, 5.74) is 0.971. The molecule has 178 valence electrons. The lowest BCUT2D eigenvalue weighted by atomic mass is 10.1. The van der Waals surface area contributed by atoms with Gasteiger partial charge >= 0.3 is 5.97 Å². The zero-order valence-electron chi connectivity index (χ0n) is 18.2. The van der Waals surface area contributed by atoms with Gasteiger partial charge in [-0.15, -0.1) is 0 Å². The van der Waals surface area contributed by atoms with E-state index in [1.165, 1.54) is 35.1 Å². The number of carboxylic acid groups (broad SMARTS) is 1. The summed E-state index contributed by atoms with van der Waals surface area (Å²) in [5.74, 6) is -4.32. The second-order valence-corrected chi connectivity index (χ2v) is 7.55. The van der Waals surface area contributed by atoms with Gasteiger partial charge in [-0.3, -0.25) is 9.59 Å². The molecule has 35 heavy (non-hydrogen) atoms. The minimum atomic E-state index is -1.06. The number of carbonyl (C=O) groups excluding carboxylic acids is 2. The fraction of sp³-hybridized carbons (Fsp3) is 0.130. The van der Waals surface area contributed by atoms with Crippen molar-refractivity contribution in [3.63, 3.8) is 0 Å². The fourth-order valence-electron chi connectivity index (χ4n) is 3.28.